The van der Waals surface area contributed by atoms with Gasteiger partial charge in [0.25, 0.3) is 5.91 Å². The summed E-state index contributed by atoms with van der Waals surface area (Å²) in [6.45, 7) is 1.87. The summed E-state index contributed by atoms with van der Waals surface area (Å²) in [6, 6.07) is 2.88. The van der Waals surface area contributed by atoms with Crippen molar-refractivity contribution in [1.29, 1.82) is 0 Å². The van der Waals surface area contributed by atoms with E-state index in [2.05, 4.69) is 25.3 Å². The number of rotatable bonds is 5. The molecule has 8 nitrogen and oxygen atoms in total. The Labute approximate surface area is 146 Å². The molecule has 2 N–H and O–H groups in total. The molecule has 0 aliphatic heterocycles. The number of amides is 1. The quantitative estimate of drug-likeness (QED) is 0.668. The van der Waals surface area contributed by atoms with Gasteiger partial charge in [0.05, 0.1) is 11.2 Å². The fourth-order valence-electron chi connectivity index (χ4n) is 2.40. The van der Waals surface area contributed by atoms with Gasteiger partial charge in [-0.3, -0.25) is 14.4 Å². The molecule has 128 valence electrons. The fraction of sp³-hybridized carbons (Fsp3) is 0.250. The summed E-state index contributed by atoms with van der Waals surface area (Å²) in [5.41, 5.74) is 0.299. The predicted octanol–water partition coefficient (Wildman–Crippen LogP) is 1.51. The Kier molecular flexibility index (Phi) is 4.66. The van der Waals surface area contributed by atoms with Crippen LogP contribution >= 0.6 is 11.3 Å². The molecule has 1 atom stereocenters. The van der Waals surface area contributed by atoms with Gasteiger partial charge in [0.1, 0.15) is 22.5 Å². The predicted molar refractivity (Wildman–Crippen MR) is 93.0 cm³/mol. The SMILES string of the molecule is CNC(=O)c1cnc([C@@H](C)CC(=O)c2ncnc3[nH]c(=O)ccc23)s1. The first-order chi connectivity index (χ1) is 12.0. The van der Waals surface area contributed by atoms with Crippen LogP contribution in [0.15, 0.2) is 29.5 Å². The molecule has 0 bridgehead atoms. The van der Waals surface area contributed by atoms with Gasteiger partial charge in [-0.25, -0.2) is 15.0 Å². The number of hydrogen-bond acceptors (Lipinski definition) is 7. The summed E-state index contributed by atoms with van der Waals surface area (Å²) >= 11 is 1.26. The van der Waals surface area contributed by atoms with Crippen molar-refractivity contribution in [2.45, 2.75) is 19.3 Å². The average Bonchev–Trinajstić information content (AvgIpc) is 3.10. The molecule has 0 aliphatic rings. The third-order valence-corrected chi connectivity index (χ3v) is 4.91. The van der Waals surface area contributed by atoms with E-state index in [0.717, 1.165) is 0 Å². The Morgan fingerprint density at radius 1 is 1.28 bits per heavy atom. The van der Waals surface area contributed by atoms with Gasteiger partial charge in [0.15, 0.2) is 5.78 Å². The van der Waals surface area contributed by atoms with E-state index in [1.54, 1.807) is 13.1 Å². The number of ketones is 1. The van der Waals surface area contributed by atoms with E-state index in [1.807, 2.05) is 6.92 Å². The van der Waals surface area contributed by atoms with Gasteiger partial charge in [-0.15, -0.1) is 11.3 Å². The van der Waals surface area contributed by atoms with Crippen LogP contribution in [-0.4, -0.2) is 38.7 Å². The van der Waals surface area contributed by atoms with Crippen molar-refractivity contribution in [3.05, 3.63) is 50.6 Å². The van der Waals surface area contributed by atoms with E-state index in [-0.39, 0.29) is 35.3 Å². The van der Waals surface area contributed by atoms with Crippen LogP contribution in [0.4, 0.5) is 0 Å². The molecule has 25 heavy (non-hydrogen) atoms. The van der Waals surface area contributed by atoms with E-state index in [1.165, 1.54) is 29.9 Å². The Morgan fingerprint density at radius 3 is 2.84 bits per heavy atom. The van der Waals surface area contributed by atoms with Gasteiger partial charge >= 0.3 is 0 Å². The summed E-state index contributed by atoms with van der Waals surface area (Å²) in [7, 11) is 1.55. The highest BCUT2D eigenvalue weighted by molar-refractivity contribution is 7.13. The molecular weight excluding hydrogens is 342 g/mol. The van der Waals surface area contributed by atoms with Gasteiger partial charge in [-0.05, 0) is 6.07 Å². The number of nitrogens with one attached hydrogen (secondary N) is 2. The number of H-pyrrole nitrogens is 1. The lowest BCUT2D eigenvalue weighted by Crippen LogP contribution is -2.16. The maximum absolute atomic E-state index is 12.6. The van der Waals surface area contributed by atoms with Crippen molar-refractivity contribution in [2.24, 2.45) is 0 Å². The van der Waals surface area contributed by atoms with Crippen molar-refractivity contribution >= 4 is 34.1 Å². The molecule has 0 radical (unpaired) electrons. The second-order valence-electron chi connectivity index (χ2n) is 5.48. The standard InChI is InChI=1S/C16H15N5O3S/c1-8(16-18-6-11(25-16)15(24)17-2)5-10(22)13-9-3-4-12(23)21-14(9)20-7-19-13/h3-4,6-8H,5H2,1-2H3,(H,17,24)(H,19,20,21,23)/t8-/m0/s1. The van der Waals surface area contributed by atoms with Crippen LogP contribution in [-0.2, 0) is 0 Å². The van der Waals surface area contributed by atoms with Crippen molar-refractivity contribution in [3.63, 3.8) is 0 Å². The number of thiazole rings is 1. The van der Waals surface area contributed by atoms with E-state index in [4.69, 9.17) is 0 Å². The van der Waals surface area contributed by atoms with Gasteiger partial charge in [0, 0.05) is 30.8 Å². The first-order valence-corrected chi connectivity index (χ1v) is 8.36. The van der Waals surface area contributed by atoms with Gasteiger partial charge < -0.3 is 10.3 Å². The van der Waals surface area contributed by atoms with Gasteiger partial charge in [-0.1, -0.05) is 6.92 Å². The third-order valence-electron chi connectivity index (χ3n) is 3.68. The largest absolute Gasteiger partial charge is 0.354 e. The Balaban J connectivity index is 1.83. The van der Waals surface area contributed by atoms with E-state index in [0.29, 0.717) is 20.9 Å². The summed E-state index contributed by atoms with van der Waals surface area (Å²) in [6.07, 6.45) is 2.94. The van der Waals surface area contributed by atoms with Crippen molar-refractivity contribution in [2.75, 3.05) is 7.05 Å². The zero-order valence-corrected chi connectivity index (χ0v) is 14.4. The third kappa shape index (κ3) is 3.45. The molecule has 0 aromatic carbocycles. The lowest BCUT2D eigenvalue weighted by atomic mass is 10.0. The zero-order chi connectivity index (χ0) is 18.0. The Morgan fingerprint density at radius 2 is 2.08 bits per heavy atom. The fourth-order valence-corrected chi connectivity index (χ4v) is 3.31. The molecule has 0 fully saturated rings. The van der Waals surface area contributed by atoms with Crippen LogP contribution in [0, 0.1) is 0 Å². The summed E-state index contributed by atoms with van der Waals surface area (Å²) < 4.78 is 0. The number of Topliss-reactive ketones (excluding diaryl/α,β-unsaturated/α-hetero) is 1. The Bertz CT molecular complexity index is 1010. The molecule has 3 heterocycles. The van der Waals surface area contributed by atoms with Crippen LogP contribution in [0.3, 0.4) is 0 Å². The van der Waals surface area contributed by atoms with Crippen molar-refractivity contribution in [1.82, 2.24) is 25.3 Å². The number of fused-ring (bicyclic) bond motifs is 1. The minimum atomic E-state index is -0.289. The second-order valence-corrected chi connectivity index (χ2v) is 6.54. The summed E-state index contributed by atoms with van der Waals surface area (Å²) in [5, 5.41) is 3.75. The van der Waals surface area contributed by atoms with Crippen LogP contribution < -0.4 is 10.9 Å². The minimum Gasteiger partial charge on any atom is -0.354 e. The number of nitrogens with zero attached hydrogens (tertiary/aromatic N) is 3. The lowest BCUT2D eigenvalue weighted by Gasteiger charge is -2.08. The number of pyridine rings is 1. The van der Waals surface area contributed by atoms with Gasteiger partial charge in [0.2, 0.25) is 5.56 Å². The molecule has 1 amide bonds. The summed E-state index contributed by atoms with van der Waals surface area (Å²) in [4.78, 5) is 51.0. The van der Waals surface area contributed by atoms with Gasteiger partial charge in [-0.2, -0.15) is 0 Å². The molecular formula is C16H15N5O3S. The molecule has 0 spiro atoms. The molecule has 3 aromatic rings. The zero-order valence-electron chi connectivity index (χ0n) is 13.6. The molecule has 3 rings (SSSR count). The molecule has 0 saturated carbocycles. The lowest BCUT2D eigenvalue weighted by molar-refractivity contribution is 0.0961. The highest BCUT2D eigenvalue weighted by Crippen LogP contribution is 2.26. The highest BCUT2D eigenvalue weighted by Gasteiger charge is 2.20. The van der Waals surface area contributed by atoms with E-state index in [9.17, 15) is 14.4 Å². The smallest absolute Gasteiger partial charge is 0.262 e. The van der Waals surface area contributed by atoms with Crippen LogP contribution in [0.2, 0.25) is 0 Å². The monoisotopic (exact) mass is 357 g/mol. The summed E-state index contributed by atoms with van der Waals surface area (Å²) in [5.74, 6) is -0.541. The Hall–Kier alpha value is -2.94. The van der Waals surface area contributed by atoms with Crippen LogP contribution in [0.1, 0.15) is 44.4 Å². The van der Waals surface area contributed by atoms with Crippen LogP contribution in [0.25, 0.3) is 11.0 Å². The normalized spacial score (nSPS) is 12.1. The van der Waals surface area contributed by atoms with E-state index < -0.39 is 0 Å². The highest BCUT2D eigenvalue weighted by atomic mass is 32.1. The van der Waals surface area contributed by atoms with E-state index >= 15 is 0 Å². The number of carbonyl (C=O) groups excluding carboxylic acids is 2. The molecule has 3 aromatic heterocycles. The van der Waals surface area contributed by atoms with Crippen molar-refractivity contribution in [3.8, 4) is 0 Å². The average molecular weight is 357 g/mol. The molecule has 0 unspecified atom stereocenters. The number of hydrogen-bond donors (Lipinski definition) is 2. The number of aromatic nitrogens is 4. The molecule has 0 saturated heterocycles. The molecule has 0 aliphatic carbocycles. The number of aromatic amines is 1. The number of carbonyl (C=O) groups is 2. The molecule has 9 heteroatoms. The first-order valence-electron chi connectivity index (χ1n) is 7.54. The van der Waals surface area contributed by atoms with Crippen LogP contribution in [0.5, 0.6) is 0 Å². The second kappa shape index (κ2) is 6.89. The topological polar surface area (TPSA) is 118 Å². The maximum atomic E-state index is 12.6. The first kappa shape index (κ1) is 16.9. The minimum absolute atomic E-state index is 0.163. The maximum Gasteiger partial charge on any atom is 0.262 e. The van der Waals surface area contributed by atoms with Crippen molar-refractivity contribution < 1.29 is 9.59 Å².